The molecule has 4 fully saturated rings. The summed E-state index contributed by atoms with van der Waals surface area (Å²) in [6, 6.07) is 45.7. The average molecular weight is 672 g/mol. The van der Waals surface area contributed by atoms with Crippen LogP contribution in [0.1, 0.15) is 55.6 Å². The maximum absolute atomic E-state index is 6.17. The Bertz CT molecular complexity index is 2710. The van der Waals surface area contributed by atoms with Gasteiger partial charge in [-0.3, -0.25) is 0 Å². The van der Waals surface area contributed by atoms with E-state index < -0.39 is 0 Å². The zero-order valence-corrected chi connectivity index (χ0v) is 28.9. The molecule has 1 atom stereocenters. The summed E-state index contributed by atoms with van der Waals surface area (Å²) in [5.41, 5.74) is 10.9. The third-order valence-corrected chi connectivity index (χ3v) is 13.2. The topological polar surface area (TPSA) is 51.8 Å². The molecule has 13 rings (SSSR count). The van der Waals surface area contributed by atoms with Gasteiger partial charge in [0.05, 0.1) is 0 Å². The first-order valence-corrected chi connectivity index (χ1v) is 19.1. The minimum atomic E-state index is 0.305. The van der Waals surface area contributed by atoms with Crippen molar-refractivity contribution in [1.82, 2.24) is 15.0 Å². The van der Waals surface area contributed by atoms with E-state index in [0.29, 0.717) is 28.8 Å². The molecule has 0 aliphatic heterocycles. The maximum Gasteiger partial charge on any atom is 0.164 e. The van der Waals surface area contributed by atoms with Crippen molar-refractivity contribution in [3.05, 3.63) is 139 Å². The van der Waals surface area contributed by atoms with Gasteiger partial charge in [0.1, 0.15) is 11.2 Å². The molecular formula is C48H37N3O. The van der Waals surface area contributed by atoms with E-state index in [9.17, 15) is 0 Å². The smallest absolute Gasteiger partial charge is 0.164 e. The summed E-state index contributed by atoms with van der Waals surface area (Å²) in [6.07, 6.45) is 8.40. The van der Waals surface area contributed by atoms with E-state index >= 15 is 0 Å². The van der Waals surface area contributed by atoms with Crippen LogP contribution in [0.15, 0.2) is 132 Å². The van der Waals surface area contributed by atoms with Crippen molar-refractivity contribution in [3.8, 4) is 45.3 Å². The van der Waals surface area contributed by atoms with E-state index in [1.54, 1.807) is 5.56 Å². The van der Waals surface area contributed by atoms with Gasteiger partial charge >= 0.3 is 0 Å². The molecule has 4 bridgehead atoms. The summed E-state index contributed by atoms with van der Waals surface area (Å²) in [4.78, 5) is 15.6. The first kappa shape index (κ1) is 29.0. The second kappa shape index (κ2) is 10.7. The number of aromatic nitrogens is 3. The van der Waals surface area contributed by atoms with Gasteiger partial charge in [0.15, 0.2) is 17.5 Å². The molecule has 4 heteroatoms. The van der Waals surface area contributed by atoms with Gasteiger partial charge in [0.2, 0.25) is 0 Å². The molecule has 0 saturated heterocycles. The first-order chi connectivity index (χ1) is 25.7. The summed E-state index contributed by atoms with van der Waals surface area (Å²) < 4.78 is 6.17. The zero-order chi connectivity index (χ0) is 34.0. The Morgan fingerprint density at radius 1 is 0.481 bits per heavy atom. The highest BCUT2D eigenvalue weighted by Crippen LogP contribution is 2.69. The molecule has 2 aromatic heterocycles. The second-order valence-corrected chi connectivity index (χ2v) is 16.2. The summed E-state index contributed by atoms with van der Waals surface area (Å²) in [5, 5.41) is 4.94. The van der Waals surface area contributed by atoms with Gasteiger partial charge in [0, 0.05) is 33.4 Å². The summed E-state index contributed by atoms with van der Waals surface area (Å²) >= 11 is 0. The third kappa shape index (κ3) is 4.24. The Kier molecular flexibility index (Phi) is 5.98. The first-order valence-electron chi connectivity index (χ1n) is 19.1. The van der Waals surface area contributed by atoms with Crippen molar-refractivity contribution < 1.29 is 4.42 Å². The molecule has 2 heterocycles. The SMILES string of the molecule is c1ccc(-c2nc(-c3ccc4c(c3)C(C35CC6CC(CC(C6)C3)C5)c3c-4ccc4ccccc34)nc(-c3ccc4oc5ccccc5c4c3)n2)cc1. The lowest BCUT2D eigenvalue weighted by atomic mass is 9.45. The molecule has 8 aromatic rings. The van der Waals surface area contributed by atoms with Crippen molar-refractivity contribution in [2.75, 3.05) is 0 Å². The van der Waals surface area contributed by atoms with Crippen molar-refractivity contribution in [2.45, 2.75) is 44.4 Å². The van der Waals surface area contributed by atoms with Crippen LogP contribution in [0.2, 0.25) is 0 Å². The standard InChI is InChI=1S/C48H37N3O/c1-2-9-32(10-3-1)45-49-46(51-47(50-45)34-16-19-42-39(23-34)37-12-6-7-13-41(37)52-42)33-15-17-36-38-18-14-31-8-4-5-11-35(31)43(38)44(40(36)24-33)48-25-28-20-29(26-48)22-30(21-28)27-48/h1-19,23-24,28-30,44H,20-22,25-27H2. The maximum atomic E-state index is 6.17. The molecule has 0 N–H and O–H groups in total. The van der Waals surface area contributed by atoms with Gasteiger partial charge < -0.3 is 4.42 Å². The van der Waals surface area contributed by atoms with Crippen LogP contribution in [-0.2, 0) is 0 Å². The largest absolute Gasteiger partial charge is 0.456 e. The Balaban J connectivity index is 1.06. The van der Waals surface area contributed by atoms with Gasteiger partial charge in [-0.25, -0.2) is 15.0 Å². The fourth-order valence-corrected chi connectivity index (χ4v) is 11.6. The molecule has 4 saturated carbocycles. The van der Waals surface area contributed by atoms with Gasteiger partial charge in [-0.2, -0.15) is 0 Å². The van der Waals surface area contributed by atoms with Gasteiger partial charge in [0.25, 0.3) is 0 Å². The fourth-order valence-electron chi connectivity index (χ4n) is 11.6. The van der Waals surface area contributed by atoms with Crippen LogP contribution in [0.5, 0.6) is 0 Å². The fraction of sp³-hybridized carbons (Fsp3) is 0.229. The van der Waals surface area contributed by atoms with E-state index in [0.717, 1.165) is 56.4 Å². The minimum absolute atomic E-state index is 0.305. The number of para-hydroxylation sites is 1. The third-order valence-electron chi connectivity index (χ3n) is 13.2. The lowest BCUT2D eigenvalue weighted by Gasteiger charge is -2.59. The normalized spacial score (nSPS) is 24.2. The van der Waals surface area contributed by atoms with Crippen LogP contribution in [0.4, 0.5) is 0 Å². The van der Waals surface area contributed by atoms with Crippen LogP contribution in [0.3, 0.4) is 0 Å². The number of benzene rings is 6. The molecule has 0 amide bonds. The summed E-state index contributed by atoms with van der Waals surface area (Å²) in [5.74, 6) is 5.08. The van der Waals surface area contributed by atoms with Crippen LogP contribution in [0, 0.1) is 23.2 Å². The van der Waals surface area contributed by atoms with E-state index in [-0.39, 0.29) is 0 Å². The lowest BCUT2D eigenvalue weighted by molar-refractivity contribution is -0.0610. The van der Waals surface area contributed by atoms with Gasteiger partial charge in [-0.15, -0.1) is 0 Å². The van der Waals surface area contributed by atoms with Crippen molar-refractivity contribution in [1.29, 1.82) is 0 Å². The van der Waals surface area contributed by atoms with E-state index in [1.807, 2.05) is 24.3 Å². The Morgan fingerprint density at radius 2 is 1.08 bits per heavy atom. The van der Waals surface area contributed by atoms with Gasteiger partial charge in [-0.05, 0) is 125 Å². The molecule has 0 spiro atoms. The van der Waals surface area contributed by atoms with Crippen LogP contribution >= 0.6 is 0 Å². The number of fused-ring (bicyclic) bond motifs is 8. The summed E-state index contributed by atoms with van der Waals surface area (Å²) in [7, 11) is 0. The van der Waals surface area contributed by atoms with Crippen LogP contribution < -0.4 is 0 Å². The van der Waals surface area contributed by atoms with Gasteiger partial charge in [-0.1, -0.05) is 97.1 Å². The highest BCUT2D eigenvalue weighted by atomic mass is 16.3. The van der Waals surface area contributed by atoms with E-state index in [2.05, 4.69) is 103 Å². The van der Waals surface area contributed by atoms with Crippen LogP contribution in [0.25, 0.3) is 78.0 Å². The monoisotopic (exact) mass is 671 g/mol. The molecule has 4 nitrogen and oxygen atoms in total. The molecule has 1 unspecified atom stereocenters. The number of rotatable bonds is 4. The Morgan fingerprint density at radius 3 is 1.85 bits per heavy atom. The molecule has 52 heavy (non-hydrogen) atoms. The van der Waals surface area contributed by atoms with Crippen molar-refractivity contribution >= 4 is 32.7 Å². The Labute approximate surface area is 302 Å². The quantitative estimate of drug-likeness (QED) is 0.187. The predicted octanol–water partition coefficient (Wildman–Crippen LogP) is 12.3. The van der Waals surface area contributed by atoms with E-state index in [1.165, 1.54) is 66.0 Å². The summed E-state index contributed by atoms with van der Waals surface area (Å²) in [6.45, 7) is 0. The van der Waals surface area contributed by atoms with E-state index in [4.69, 9.17) is 19.4 Å². The molecule has 6 aromatic carbocycles. The van der Waals surface area contributed by atoms with Crippen molar-refractivity contribution in [3.63, 3.8) is 0 Å². The highest BCUT2D eigenvalue weighted by molar-refractivity contribution is 6.06. The molecule has 250 valence electrons. The second-order valence-electron chi connectivity index (χ2n) is 16.2. The number of hydrogen-bond donors (Lipinski definition) is 0. The lowest BCUT2D eigenvalue weighted by Crippen LogP contribution is -2.48. The predicted molar refractivity (Wildman–Crippen MR) is 209 cm³/mol. The van der Waals surface area contributed by atoms with Crippen LogP contribution in [-0.4, -0.2) is 15.0 Å². The zero-order valence-electron chi connectivity index (χ0n) is 28.9. The van der Waals surface area contributed by atoms with Crippen molar-refractivity contribution in [2.24, 2.45) is 23.2 Å². The molecule has 0 radical (unpaired) electrons. The molecule has 5 aliphatic rings. The molecule has 5 aliphatic carbocycles. The average Bonchev–Trinajstić information content (AvgIpc) is 3.73. The highest BCUT2D eigenvalue weighted by Gasteiger charge is 2.56. The number of nitrogens with zero attached hydrogens (tertiary/aromatic N) is 3. The minimum Gasteiger partial charge on any atom is -0.456 e. The number of furan rings is 1. The number of hydrogen-bond acceptors (Lipinski definition) is 4. The molecular weight excluding hydrogens is 635 g/mol. The Hall–Kier alpha value is -5.61.